The molecule has 0 amide bonds. The van der Waals surface area contributed by atoms with Crippen molar-refractivity contribution in [2.45, 2.75) is 26.2 Å². The zero-order valence-electron chi connectivity index (χ0n) is 10.1. The number of rotatable bonds is 6. The molecule has 0 saturated carbocycles. The van der Waals surface area contributed by atoms with Crippen LogP contribution in [-0.2, 0) is 0 Å². The third-order valence-electron chi connectivity index (χ3n) is 2.38. The maximum Gasteiger partial charge on any atom is 0.118 e. The van der Waals surface area contributed by atoms with Crippen LogP contribution in [0.15, 0.2) is 42.5 Å². The van der Waals surface area contributed by atoms with Crippen LogP contribution in [0.2, 0.25) is 0 Å². The van der Waals surface area contributed by atoms with E-state index in [1.54, 1.807) is 7.11 Å². The first-order valence-electron chi connectivity index (χ1n) is 5.84. The molecule has 16 heavy (non-hydrogen) atoms. The maximum atomic E-state index is 5.10. The summed E-state index contributed by atoms with van der Waals surface area (Å²) in [6.07, 6.45) is 12.2. The predicted molar refractivity (Wildman–Crippen MR) is 70.7 cm³/mol. The molecule has 1 nitrogen and oxygen atoms in total. The van der Waals surface area contributed by atoms with Gasteiger partial charge in [-0.05, 0) is 24.1 Å². The van der Waals surface area contributed by atoms with Crippen LogP contribution in [-0.4, -0.2) is 7.11 Å². The highest BCUT2D eigenvalue weighted by Crippen LogP contribution is 2.12. The molecule has 1 heteroatoms. The molecule has 0 aliphatic carbocycles. The van der Waals surface area contributed by atoms with Gasteiger partial charge in [-0.1, -0.05) is 56.2 Å². The van der Waals surface area contributed by atoms with Crippen molar-refractivity contribution in [3.8, 4) is 5.75 Å². The van der Waals surface area contributed by atoms with Gasteiger partial charge >= 0.3 is 0 Å². The maximum absolute atomic E-state index is 5.10. The van der Waals surface area contributed by atoms with Crippen LogP contribution in [0.1, 0.15) is 31.7 Å². The highest BCUT2D eigenvalue weighted by Gasteiger charge is 1.88. The standard InChI is InChI=1S/C15H20O/c1-3-4-5-6-7-8-9-14-10-12-15(16-2)13-11-14/h6-13H,3-5H2,1-2H3/b7-6-,9-8+. The lowest BCUT2D eigenvalue weighted by molar-refractivity contribution is 0.415. The molecular formula is C15H20O. The molecule has 0 fully saturated rings. The third kappa shape index (κ3) is 4.83. The van der Waals surface area contributed by atoms with Gasteiger partial charge in [0.25, 0.3) is 0 Å². The molecule has 0 aromatic heterocycles. The predicted octanol–water partition coefficient (Wildman–Crippen LogP) is 4.45. The van der Waals surface area contributed by atoms with E-state index in [1.807, 2.05) is 12.1 Å². The monoisotopic (exact) mass is 216 g/mol. The van der Waals surface area contributed by atoms with Gasteiger partial charge in [-0.15, -0.1) is 0 Å². The lowest BCUT2D eigenvalue weighted by Gasteiger charge is -1.98. The smallest absolute Gasteiger partial charge is 0.118 e. The van der Waals surface area contributed by atoms with Crippen LogP contribution in [0, 0.1) is 0 Å². The summed E-state index contributed by atoms with van der Waals surface area (Å²) in [5.41, 5.74) is 1.20. The molecule has 0 aliphatic rings. The van der Waals surface area contributed by atoms with Crippen LogP contribution >= 0.6 is 0 Å². The molecule has 0 spiro atoms. The summed E-state index contributed by atoms with van der Waals surface area (Å²) in [5, 5.41) is 0. The fourth-order valence-corrected chi connectivity index (χ4v) is 1.38. The molecule has 1 aromatic rings. The van der Waals surface area contributed by atoms with Crippen molar-refractivity contribution in [3.05, 3.63) is 48.1 Å². The second kappa shape index (κ2) is 7.75. The van der Waals surface area contributed by atoms with Crippen molar-refractivity contribution < 1.29 is 4.74 Å². The van der Waals surface area contributed by atoms with E-state index in [1.165, 1.54) is 24.8 Å². The molecule has 0 radical (unpaired) electrons. The second-order valence-corrected chi connectivity index (χ2v) is 3.70. The van der Waals surface area contributed by atoms with Crippen LogP contribution in [0.4, 0.5) is 0 Å². The molecule has 0 atom stereocenters. The summed E-state index contributed by atoms with van der Waals surface area (Å²) in [5.74, 6) is 0.899. The highest BCUT2D eigenvalue weighted by atomic mass is 16.5. The van der Waals surface area contributed by atoms with Gasteiger partial charge in [-0.2, -0.15) is 0 Å². The minimum absolute atomic E-state index is 0.899. The largest absolute Gasteiger partial charge is 0.497 e. The number of unbranched alkanes of at least 4 members (excludes halogenated alkanes) is 2. The molecule has 0 aliphatic heterocycles. The van der Waals surface area contributed by atoms with Crippen LogP contribution in [0.3, 0.4) is 0 Å². The van der Waals surface area contributed by atoms with Crippen LogP contribution in [0.5, 0.6) is 5.75 Å². The summed E-state index contributed by atoms with van der Waals surface area (Å²) in [7, 11) is 1.68. The van der Waals surface area contributed by atoms with E-state index in [-0.39, 0.29) is 0 Å². The Bertz CT molecular complexity index is 333. The fourth-order valence-electron chi connectivity index (χ4n) is 1.38. The number of methoxy groups -OCH3 is 1. The van der Waals surface area contributed by atoms with Gasteiger partial charge in [0.2, 0.25) is 0 Å². The van der Waals surface area contributed by atoms with Gasteiger partial charge in [-0.3, -0.25) is 0 Å². The number of hydrogen-bond acceptors (Lipinski definition) is 1. The molecule has 0 unspecified atom stereocenters. The van der Waals surface area contributed by atoms with Gasteiger partial charge in [0, 0.05) is 0 Å². The Morgan fingerprint density at radius 1 is 1.12 bits per heavy atom. The molecule has 0 heterocycles. The summed E-state index contributed by atoms with van der Waals surface area (Å²) >= 11 is 0. The van der Waals surface area contributed by atoms with E-state index in [0.717, 1.165) is 5.75 Å². The van der Waals surface area contributed by atoms with Crippen molar-refractivity contribution in [1.29, 1.82) is 0 Å². The number of benzene rings is 1. The zero-order valence-corrected chi connectivity index (χ0v) is 10.1. The van der Waals surface area contributed by atoms with Gasteiger partial charge in [-0.25, -0.2) is 0 Å². The highest BCUT2D eigenvalue weighted by molar-refractivity contribution is 5.52. The van der Waals surface area contributed by atoms with Crippen molar-refractivity contribution in [3.63, 3.8) is 0 Å². The quantitative estimate of drug-likeness (QED) is 0.504. The molecule has 0 N–H and O–H groups in total. The lowest BCUT2D eigenvalue weighted by atomic mass is 10.2. The normalized spacial score (nSPS) is 11.4. The first kappa shape index (κ1) is 12.6. The van der Waals surface area contributed by atoms with Gasteiger partial charge in [0.15, 0.2) is 0 Å². The van der Waals surface area contributed by atoms with Gasteiger partial charge in [0.1, 0.15) is 5.75 Å². The molecule has 0 bridgehead atoms. The van der Waals surface area contributed by atoms with Crippen LogP contribution < -0.4 is 4.74 Å². The van der Waals surface area contributed by atoms with E-state index in [2.05, 4.69) is 43.4 Å². The Kier molecular flexibility index (Phi) is 6.09. The molecule has 1 rings (SSSR count). The summed E-state index contributed by atoms with van der Waals surface area (Å²) < 4.78 is 5.10. The van der Waals surface area contributed by atoms with E-state index in [4.69, 9.17) is 4.74 Å². The average molecular weight is 216 g/mol. The first-order valence-corrected chi connectivity index (χ1v) is 5.84. The third-order valence-corrected chi connectivity index (χ3v) is 2.38. The van der Waals surface area contributed by atoms with Crippen molar-refractivity contribution >= 4 is 6.08 Å². The summed E-state index contributed by atoms with van der Waals surface area (Å²) in [6.45, 7) is 2.21. The van der Waals surface area contributed by atoms with Crippen LogP contribution in [0.25, 0.3) is 6.08 Å². The van der Waals surface area contributed by atoms with E-state index < -0.39 is 0 Å². The minimum Gasteiger partial charge on any atom is -0.497 e. The lowest BCUT2D eigenvalue weighted by Crippen LogP contribution is -1.81. The van der Waals surface area contributed by atoms with Gasteiger partial charge in [0.05, 0.1) is 7.11 Å². The van der Waals surface area contributed by atoms with Crippen molar-refractivity contribution in [2.24, 2.45) is 0 Å². The Labute approximate surface area is 98.5 Å². The van der Waals surface area contributed by atoms with Crippen molar-refractivity contribution in [2.75, 3.05) is 7.11 Å². The van der Waals surface area contributed by atoms with Crippen molar-refractivity contribution in [1.82, 2.24) is 0 Å². The Balaban J connectivity index is 2.40. The Hall–Kier alpha value is -1.50. The first-order chi connectivity index (χ1) is 7.86. The van der Waals surface area contributed by atoms with Gasteiger partial charge < -0.3 is 4.74 Å². The topological polar surface area (TPSA) is 9.23 Å². The SMILES string of the molecule is CCCC/C=C\C=C\c1ccc(OC)cc1. The minimum atomic E-state index is 0.899. The molecule has 0 saturated heterocycles. The molecule has 86 valence electrons. The molecular weight excluding hydrogens is 196 g/mol. The van der Waals surface area contributed by atoms with E-state index >= 15 is 0 Å². The fraction of sp³-hybridized carbons (Fsp3) is 0.333. The molecule has 1 aromatic carbocycles. The van der Waals surface area contributed by atoms with E-state index in [0.29, 0.717) is 0 Å². The number of hydrogen-bond donors (Lipinski definition) is 0. The zero-order chi connectivity index (χ0) is 11.6. The number of ether oxygens (including phenoxy) is 1. The second-order valence-electron chi connectivity index (χ2n) is 3.70. The average Bonchev–Trinajstić information content (AvgIpc) is 2.34. The Morgan fingerprint density at radius 2 is 1.88 bits per heavy atom. The Morgan fingerprint density at radius 3 is 2.50 bits per heavy atom. The van der Waals surface area contributed by atoms with E-state index in [9.17, 15) is 0 Å². The summed E-state index contributed by atoms with van der Waals surface area (Å²) in [6, 6.07) is 8.05. The summed E-state index contributed by atoms with van der Waals surface area (Å²) in [4.78, 5) is 0. The number of allylic oxidation sites excluding steroid dienone is 3.